The number of benzene rings is 2. The van der Waals surface area contributed by atoms with Gasteiger partial charge in [-0.05, 0) is 74.2 Å². The zero-order valence-electron chi connectivity index (χ0n) is 21.7. The monoisotopic (exact) mass is 501 g/mol. The number of esters is 2. The van der Waals surface area contributed by atoms with Crippen molar-refractivity contribution < 1.29 is 23.5 Å². The van der Waals surface area contributed by atoms with Gasteiger partial charge in [0, 0.05) is 23.3 Å². The third-order valence-electron chi connectivity index (χ3n) is 5.64. The van der Waals surface area contributed by atoms with Crippen molar-refractivity contribution in [2.75, 3.05) is 0 Å². The molecule has 0 spiro atoms. The number of hydrogen-bond donors (Lipinski definition) is 0. The molecule has 0 amide bonds. The van der Waals surface area contributed by atoms with Crippen molar-refractivity contribution in [2.45, 2.75) is 65.2 Å². The van der Waals surface area contributed by atoms with Gasteiger partial charge in [0.05, 0.1) is 6.20 Å². The van der Waals surface area contributed by atoms with E-state index in [1.54, 1.807) is 42.6 Å². The maximum Gasteiger partial charge on any atom is 0.335 e. The first-order valence-corrected chi connectivity index (χ1v) is 13.0. The van der Waals surface area contributed by atoms with Crippen LogP contribution in [-0.4, -0.2) is 16.9 Å². The van der Waals surface area contributed by atoms with Crippen LogP contribution in [0.5, 0.6) is 11.5 Å². The normalized spacial score (nSPS) is 11.3. The van der Waals surface area contributed by atoms with Crippen LogP contribution in [0.4, 0.5) is 0 Å². The zero-order valence-corrected chi connectivity index (χ0v) is 21.7. The van der Waals surface area contributed by atoms with Crippen LogP contribution in [0.25, 0.3) is 22.8 Å². The van der Waals surface area contributed by atoms with Crippen molar-refractivity contribution in [3.05, 3.63) is 79.0 Å². The third kappa shape index (κ3) is 9.56. The highest BCUT2D eigenvalue weighted by atomic mass is 16.5. The highest BCUT2D eigenvalue weighted by Crippen LogP contribution is 2.28. The molecule has 1 aromatic heterocycles. The highest BCUT2D eigenvalue weighted by molar-refractivity contribution is 5.84. The van der Waals surface area contributed by atoms with Crippen molar-refractivity contribution >= 4 is 11.9 Å². The summed E-state index contributed by atoms with van der Waals surface area (Å²) < 4.78 is 16.6. The van der Waals surface area contributed by atoms with E-state index < -0.39 is 0 Å². The molecule has 6 nitrogen and oxygen atoms in total. The number of rotatable bonds is 14. The van der Waals surface area contributed by atoms with Gasteiger partial charge in [0.2, 0.25) is 5.89 Å². The van der Waals surface area contributed by atoms with E-state index in [0.717, 1.165) is 62.5 Å². The quantitative estimate of drug-likeness (QED) is 0.0961. The number of aromatic nitrogens is 1. The van der Waals surface area contributed by atoms with E-state index in [1.807, 2.05) is 24.3 Å². The Morgan fingerprint density at radius 3 is 1.70 bits per heavy atom. The van der Waals surface area contributed by atoms with Crippen LogP contribution in [0.15, 0.2) is 83.4 Å². The average Bonchev–Trinajstić information content (AvgIpc) is 3.40. The number of nitrogens with zero attached hydrogens (tertiary/aromatic N) is 1. The number of carbonyl (C=O) groups is 2. The minimum Gasteiger partial charge on any atom is -0.436 e. The van der Waals surface area contributed by atoms with Crippen molar-refractivity contribution in [2.24, 2.45) is 0 Å². The first-order valence-electron chi connectivity index (χ1n) is 13.0. The minimum atomic E-state index is -0.389. The Morgan fingerprint density at radius 1 is 0.730 bits per heavy atom. The molecule has 0 saturated heterocycles. The number of carbonyl (C=O) groups excluding carboxylic acids is 2. The maximum absolute atomic E-state index is 12.0. The van der Waals surface area contributed by atoms with Crippen LogP contribution >= 0.6 is 0 Å². The average molecular weight is 502 g/mol. The second-order valence-electron chi connectivity index (χ2n) is 8.72. The SMILES string of the molecule is CCCCC/C=C/C(=O)Oc1ccc(-c2cnc(-c3ccc(OC(=O)/C=C/CCCCC)cc3)o2)cc1. The van der Waals surface area contributed by atoms with Gasteiger partial charge in [-0.15, -0.1) is 0 Å². The van der Waals surface area contributed by atoms with Gasteiger partial charge in [0.25, 0.3) is 0 Å². The Hall–Kier alpha value is -3.93. The molecule has 0 aliphatic carbocycles. The lowest BCUT2D eigenvalue weighted by Gasteiger charge is -2.03. The molecule has 0 unspecified atom stereocenters. The molecule has 3 rings (SSSR count). The fourth-order valence-corrected chi connectivity index (χ4v) is 3.58. The Labute approximate surface area is 219 Å². The number of allylic oxidation sites excluding steroid dienone is 2. The molecule has 0 saturated carbocycles. The predicted molar refractivity (Wildman–Crippen MR) is 145 cm³/mol. The molecule has 0 aliphatic rings. The largest absolute Gasteiger partial charge is 0.436 e. The van der Waals surface area contributed by atoms with E-state index in [1.165, 1.54) is 12.2 Å². The van der Waals surface area contributed by atoms with Crippen molar-refractivity contribution in [1.29, 1.82) is 0 Å². The molecule has 0 radical (unpaired) electrons. The molecular formula is C31H35NO5. The Kier molecular flexibility index (Phi) is 11.4. The van der Waals surface area contributed by atoms with Gasteiger partial charge in [-0.25, -0.2) is 14.6 Å². The summed E-state index contributed by atoms with van der Waals surface area (Å²) >= 11 is 0. The van der Waals surface area contributed by atoms with Gasteiger partial charge in [-0.3, -0.25) is 0 Å². The summed E-state index contributed by atoms with van der Waals surface area (Å²) in [6.07, 6.45) is 16.8. The molecule has 0 aliphatic heterocycles. The van der Waals surface area contributed by atoms with Crippen LogP contribution < -0.4 is 9.47 Å². The summed E-state index contributed by atoms with van der Waals surface area (Å²) in [4.78, 5) is 28.3. The second kappa shape index (κ2) is 15.2. The number of hydrogen-bond acceptors (Lipinski definition) is 6. The number of oxazole rings is 1. The van der Waals surface area contributed by atoms with Gasteiger partial charge in [0.15, 0.2) is 5.76 Å². The van der Waals surface area contributed by atoms with Crippen LogP contribution in [0.2, 0.25) is 0 Å². The molecule has 1 heterocycles. The maximum atomic E-state index is 12.0. The number of ether oxygens (including phenoxy) is 2. The van der Waals surface area contributed by atoms with Gasteiger partial charge >= 0.3 is 11.9 Å². The van der Waals surface area contributed by atoms with Crippen LogP contribution in [0.1, 0.15) is 65.2 Å². The molecule has 0 fully saturated rings. The van der Waals surface area contributed by atoms with Crippen molar-refractivity contribution in [3.8, 4) is 34.3 Å². The van der Waals surface area contributed by atoms with Crippen LogP contribution in [0.3, 0.4) is 0 Å². The van der Waals surface area contributed by atoms with Gasteiger partial charge in [-0.1, -0.05) is 51.7 Å². The summed E-state index contributed by atoms with van der Waals surface area (Å²) in [6.45, 7) is 4.29. The lowest BCUT2D eigenvalue weighted by molar-refractivity contribution is -0.129. The summed E-state index contributed by atoms with van der Waals surface area (Å²) in [7, 11) is 0. The summed E-state index contributed by atoms with van der Waals surface area (Å²) in [6, 6.07) is 14.1. The lowest BCUT2D eigenvalue weighted by atomic mass is 10.2. The fourth-order valence-electron chi connectivity index (χ4n) is 3.58. The Balaban J connectivity index is 1.52. The molecule has 0 atom stereocenters. The van der Waals surface area contributed by atoms with Crippen LogP contribution in [-0.2, 0) is 9.59 Å². The smallest absolute Gasteiger partial charge is 0.335 e. The van der Waals surface area contributed by atoms with E-state index in [0.29, 0.717) is 23.1 Å². The predicted octanol–water partition coefficient (Wildman–Crippen LogP) is 8.09. The fraction of sp³-hybridized carbons (Fsp3) is 0.323. The molecule has 37 heavy (non-hydrogen) atoms. The molecule has 6 heteroatoms. The van der Waals surface area contributed by atoms with E-state index >= 15 is 0 Å². The lowest BCUT2D eigenvalue weighted by Crippen LogP contribution is -2.03. The highest BCUT2D eigenvalue weighted by Gasteiger charge is 2.10. The van der Waals surface area contributed by atoms with Crippen LogP contribution in [0, 0.1) is 0 Å². The molecular weight excluding hydrogens is 466 g/mol. The molecule has 0 N–H and O–H groups in total. The van der Waals surface area contributed by atoms with E-state index in [2.05, 4.69) is 18.8 Å². The Morgan fingerprint density at radius 2 is 1.22 bits per heavy atom. The summed E-state index contributed by atoms with van der Waals surface area (Å²) in [5.74, 6) is 1.19. The van der Waals surface area contributed by atoms with Gasteiger partial charge in [0.1, 0.15) is 11.5 Å². The molecule has 2 aromatic carbocycles. The first-order chi connectivity index (χ1) is 18.1. The van der Waals surface area contributed by atoms with E-state index in [4.69, 9.17) is 13.9 Å². The Bertz CT molecular complexity index is 1080. The van der Waals surface area contributed by atoms with Gasteiger partial charge in [-0.2, -0.15) is 0 Å². The van der Waals surface area contributed by atoms with Crippen molar-refractivity contribution in [1.82, 2.24) is 4.98 Å². The van der Waals surface area contributed by atoms with E-state index in [-0.39, 0.29) is 11.9 Å². The summed E-state index contributed by atoms with van der Waals surface area (Å²) in [5.41, 5.74) is 1.57. The molecule has 3 aromatic rings. The molecule has 0 bridgehead atoms. The summed E-state index contributed by atoms with van der Waals surface area (Å²) in [5, 5.41) is 0. The second-order valence-corrected chi connectivity index (χ2v) is 8.72. The first kappa shape index (κ1) is 27.7. The zero-order chi connectivity index (χ0) is 26.3. The molecule has 194 valence electrons. The number of unbranched alkanes of at least 4 members (excludes halogenated alkanes) is 6. The van der Waals surface area contributed by atoms with Crippen molar-refractivity contribution in [3.63, 3.8) is 0 Å². The minimum absolute atomic E-state index is 0.386. The van der Waals surface area contributed by atoms with E-state index in [9.17, 15) is 9.59 Å². The standard InChI is InChI=1S/C31H35NO5/c1-3-5-7-9-11-13-29(33)35-26-19-15-24(16-20-26)28-23-32-31(37-28)25-17-21-27(22-18-25)36-30(34)14-12-10-8-6-4-2/h11-23H,3-10H2,1-2H3/b13-11+,14-12+. The van der Waals surface area contributed by atoms with Gasteiger partial charge < -0.3 is 13.9 Å². The topological polar surface area (TPSA) is 78.6 Å². The third-order valence-corrected chi connectivity index (χ3v) is 5.64.